The van der Waals surface area contributed by atoms with Gasteiger partial charge in [0.05, 0.1) is 12.0 Å². The van der Waals surface area contributed by atoms with Crippen LogP contribution in [0, 0.1) is 5.92 Å². The standard InChI is InChI=1S/C16H22ClN4O7P/c17-16-19-13(18-5-8-1-2-8)9-3-4-21(14(9)20-16)15-12(23)11(22)10(28-15)6-27-7-29(24,25)26/h3-4,8,10-12,15,22-23H,1-2,5-7H2,(H,18,19,20)(H2,24,25,26)/t10-,11-,12-,15-/m1/s1. The molecule has 2 fully saturated rings. The van der Waals surface area contributed by atoms with Crippen molar-refractivity contribution in [3.63, 3.8) is 0 Å². The van der Waals surface area contributed by atoms with Gasteiger partial charge in [0.25, 0.3) is 0 Å². The van der Waals surface area contributed by atoms with Crippen molar-refractivity contribution in [1.82, 2.24) is 14.5 Å². The van der Waals surface area contributed by atoms with Gasteiger partial charge in [-0.15, -0.1) is 0 Å². The first-order valence-corrected chi connectivity index (χ1v) is 11.3. The lowest BCUT2D eigenvalue weighted by Gasteiger charge is -2.17. The molecule has 4 rings (SSSR count). The van der Waals surface area contributed by atoms with Crippen LogP contribution in [0.25, 0.3) is 11.0 Å². The minimum Gasteiger partial charge on any atom is -0.387 e. The van der Waals surface area contributed by atoms with E-state index in [0.717, 1.165) is 6.54 Å². The van der Waals surface area contributed by atoms with E-state index < -0.39 is 38.5 Å². The third-order valence-corrected chi connectivity index (χ3v) is 5.64. The van der Waals surface area contributed by atoms with E-state index in [-0.39, 0.29) is 11.9 Å². The number of halogens is 1. The lowest BCUT2D eigenvalue weighted by molar-refractivity contribution is -0.0610. The van der Waals surface area contributed by atoms with Crippen LogP contribution in [-0.2, 0) is 14.0 Å². The van der Waals surface area contributed by atoms with Crippen molar-refractivity contribution in [2.45, 2.75) is 37.4 Å². The SMILES string of the molecule is O=P(O)(O)COC[C@H]1O[C@@H](n2ccc3c(NCC4CC4)nc(Cl)nc32)[C@H](O)[C@@H]1O. The van der Waals surface area contributed by atoms with Crippen LogP contribution in [0.15, 0.2) is 12.3 Å². The molecule has 0 aromatic carbocycles. The summed E-state index contributed by atoms with van der Waals surface area (Å²) in [6.45, 7) is 0.497. The minimum atomic E-state index is -4.34. The second-order valence-corrected chi connectivity index (χ2v) is 9.26. The van der Waals surface area contributed by atoms with Gasteiger partial charge in [0.1, 0.15) is 36.1 Å². The summed E-state index contributed by atoms with van der Waals surface area (Å²) in [6, 6.07) is 1.76. The summed E-state index contributed by atoms with van der Waals surface area (Å²) in [5.41, 5.74) is 0.427. The van der Waals surface area contributed by atoms with Gasteiger partial charge in [-0.2, -0.15) is 4.98 Å². The van der Waals surface area contributed by atoms with Crippen molar-refractivity contribution in [1.29, 1.82) is 0 Å². The molecule has 2 aromatic rings. The average Bonchev–Trinajstić information content (AvgIpc) is 3.32. The molecular formula is C16H22ClN4O7P. The van der Waals surface area contributed by atoms with E-state index in [1.165, 1.54) is 12.8 Å². The van der Waals surface area contributed by atoms with Crippen molar-refractivity contribution in [2.75, 3.05) is 24.8 Å². The number of anilines is 1. The van der Waals surface area contributed by atoms with Crippen molar-refractivity contribution in [3.8, 4) is 0 Å². The lowest BCUT2D eigenvalue weighted by Crippen LogP contribution is -2.33. The summed E-state index contributed by atoms with van der Waals surface area (Å²) in [5, 5.41) is 24.7. The topological polar surface area (TPSA) is 159 Å². The second kappa shape index (κ2) is 8.09. The summed E-state index contributed by atoms with van der Waals surface area (Å²) < 4.78 is 23.1. The molecule has 2 aliphatic rings. The number of hydrogen-bond donors (Lipinski definition) is 5. The number of nitrogens with zero attached hydrogens (tertiary/aromatic N) is 3. The van der Waals surface area contributed by atoms with Crippen molar-refractivity contribution in [2.24, 2.45) is 5.92 Å². The Morgan fingerprint density at radius 3 is 2.76 bits per heavy atom. The maximum absolute atomic E-state index is 10.9. The van der Waals surface area contributed by atoms with Crippen molar-refractivity contribution < 1.29 is 34.0 Å². The molecule has 0 amide bonds. The molecule has 13 heteroatoms. The number of rotatable bonds is 8. The largest absolute Gasteiger partial charge is 0.387 e. The maximum Gasteiger partial charge on any atom is 0.350 e. The number of aliphatic hydroxyl groups excluding tert-OH is 2. The molecule has 0 bridgehead atoms. The quantitative estimate of drug-likeness (QED) is 0.287. The van der Waals surface area contributed by atoms with E-state index in [9.17, 15) is 14.8 Å². The number of hydrogen-bond acceptors (Lipinski definition) is 8. The van der Waals surface area contributed by atoms with Gasteiger partial charge in [-0.25, -0.2) is 4.98 Å². The Bertz CT molecular complexity index is 933. The third-order valence-electron chi connectivity index (χ3n) is 4.95. The highest BCUT2D eigenvalue weighted by Gasteiger charge is 2.44. The van der Waals surface area contributed by atoms with Gasteiger partial charge >= 0.3 is 7.60 Å². The first-order valence-electron chi connectivity index (χ1n) is 9.15. The second-order valence-electron chi connectivity index (χ2n) is 7.34. The van der Waals surface area contributed by atoms with E-state index in [2.05, 4.69) is 15.3 Å². The zero-order valence-corrected chi connectivity index (χ0v) is 16.9. The molecule has 4 atom stereocenters. The average molecular weight is 449 g/mol. The van der Waals surface area contributed by atoms with Crippen LogP contribution >= 0.6 is 19.2 Å². The predicted molar refractivity (Wildman–Crippen MR) is 103 cm³/mol. The Balaban J connectivity index is 1.53. The molecule has 1 aliphatic heterocycles. The van der Waals surface area contributed by atoms with Gasteiger partial charge in [0.15, 0.2) is 6.23 Å². The highest BCUT2D eigenvalue weighted by Crippen LogP contribution is 2.37. The zero-order chi connectivity index (χ0) is 20.8. The number of aromatic nitrogens is 3. The molecule has 0 unspecified atom stereocenters. The van der Waals surface area contributed by atoms with Crippen LogP contribution in [0.1, 0.15) is 19.1 Å². The molecule has 11 nitrogen and oxygen atoms in total. The fourth-order valence-corrected chi connectivity index (χ4v) is 3.80. The highest BCUT2D eigenvalue weighted by atomic mass is 35.5. The summed E-state index contributed by atoms with van der Waals surface area (Å²) in [7, 11) is -4.34. The Kier molecular flexibility index (Phi) is 5.84. The van der Waals surface area contributed by atoms with Gasteiger partial charge in [-0.1, -0.05) is 0 Å². The van der Waals surface area contributed by atoms with Crippen LogP contribution in [0.5, 0.6) is 0 Å². The van der Waals surface area contributed by atoms with Crippen LogP contribution in [0.3, 0.4) is 0 Å². The molecule has 29 heavy (non-hydrogen) atoms. The maximum atomic E-state index is 10.9. The predicted octanol–water partition coefficient (Wildman–Crippen LogP) is 0.678. The molecule has 2 aromatic heterocycles. The summed E-state index contributed by atoms with van der Waals surface area (Å²) in [5.74, 6) is 1.21. The molecule has 0 spiro atoms. The molecule has 3 heterocycles. The minimum absolute atomic E-state index is 0.0327. The monoisotopic (exact) mass is 448 g/mol. The Morgan fingerprint density at radius 1 is 1.31 bits per heavy atom. The van der Waals surface area contributed by atoms with E-state index >= 15 is 0 Å². The van der Waals surface area contributed by atoms with Crippen molar-refractivity contribution in [3.05, 3.63) is 17.5 Å². The lowest BCUT2D eigenvalue weighted by atomic mass is 10.1. The molecular weight excluding hydrogens is 427 g/mol. The first kappa shape index (κ1) is 21.0. The first-order chi connectivity index (χ1) is 13.7. The van der Waals surface area contributed by atoms with Crippen LogP contribution in [0.4, 0.5) is 5.82 Å². The highest BCUT2D eigenvalue weighted by molar-refractivity contribution is 7.51. The van der Waals surface area contributed by atoms with Crippen LogP contribution in [0.2, 0.25) is 5.28 Å². The Hall–Kier alpha value is -1.30. The number of ether oxygens (including phenoxy) is 2. The van der Waals surface area contributed by atoms with E-state index in [0.29, 0.717) is 22.8 Å². The number of aliphatic hydroxyl groups is 2. The summed E-state index contributed by atoms with van der Waals surface area (Å²) >= 11 is 6.07. The fourth-order valence-electron chi connectivity index (χ4n) is 3.29. The van der Waals surface area contributed by atoms with E-state index in [1.807, 2.05) is 0 Å². The van der Waals surface area contributed by atoms with Crippen LogP contribution < -0.4 is 5.32 Å². The third kappa shape index (κ3) is 4.73. The smallest absolute Gasteiger partial charge is 0.350 e. The van der Waals surface area contributed by atoms with Crippen molar-refractivity contribution >= 4 is 36.0 Å². The molecule has 1 aliphatic carbocycles. The number of fused-ring (bicyclic) bond motifs is 1. The van der Waals surface area contributed by atoms with Gasteiger partial charge in [-0.3, -0.25) is 4.57 Å². The fraction of sp³-hybridized carbons (Fsp3) is 0.625. The molecule has 1 saturated heterocycles. The summed E-state index contributed by atoms with van der Waals surface area (Å²) in [6.07, 6.45) is -1.34. The Morgan fingerprint density at radius 2 is 2.07 bits per heavy atom. The molecule has 5 N–H and O–H groups in total. The molecule has 0 radical (unpaired) electrons. The van der Waals surface area contributed by atoms with Gasteiger partial charge < -0.3 is 39.4 Å². The zero-order valence-electron chi connectivity index (χ0n) is 15.3. The van der Waals surface area contributed by atoms with Gasteiger partial charge in [0, 0.05) is 12.7 Å². The number of nitrogens with one attached hydrogen (secondary N) is 1. The Labute approximate surface area is 170 Å². The molecule has 160 valence electrons. The van der Waals surface area contributed by atoms with Gasteiger partial charge in [0.2, 0.25) is 5.28 Å². The normalized spacial score (nSPS) is 27.6. The molecule has 1 saturated carbocycles. The van der Waals surface area contributed by atoms with Crippen LogP contribution in [-0.4, -0.2) is 72.3 Å². The summed E-state index contributed by atoms with van der Waals surface area (Å²) in [4.78, 5) is 26.2. The van der Waals surface area contributed by atoms with E-state index in [4.69, 9.17) is 30.9 Å². The van der Waals surface area contributed by atoms with Gasteiger partial charge in [-0.05, 0) is 36.4 Å². The van der Waals surface area contributed by atoms with E-state index in [1.54, 1.807) is 16.8 Å².